The van der Waals surface area contributed by atoms with Gasteiger partial charge in [-0.15, -0.1) is 0 Å². The summed E-state index contributed by atoms with van der Waals surface area (Å²) in [5.74, 6) is 0.673. The molecule has 0 radical (unpaired) electrons. The van der Waals surface area contributed by atoms with E-state index in [-0.39, 0.29) is 16.4 Å². The molecule has 0 saturated heterocycles. The summed E-state index contributed by atoms with van der Waals surface area (Å²) < 4.78 is 38.5. The monoisotopic (exact) mass is 475 g/mol. The van der Waals surface area contributed by atoms with Crippen molar-refractivity contribution in [3.05, 3.63) is 70.3 Å². The van der Waals surface area contributed by atoms with E-state index >= 15 is 0 Å². The number of Topliss-reactive ketones (excluding diaryl/α,β-unsaturated/α-hetero) is 1. The Morgan fingerprint density at radius 1 is 0.882 bits per heavy atom. The smallest absolute Gasteiger partial charge is 0.328 e. The Kier molecular flexibility index (Phi) is 4.31. The second kappa shape index (κ2) is 7.07. The minimum Gasteiger partial charge on any atom is -0.460 e. The average molecular weight is 476 g/mol. The van der Waals surface area contributed by atoms with Crippen LogP contribution in [0, 0.1) is 0 Å². The molecule has 3 aromatic carbocycles. The van der Waals surface area contributed by atoms with Crippen LogP contribution in [-0.2, 0) is 30.5 Å². The Morgan fingerprint density at radius 3 is 2.41 bits per heavy atom. The van der Waals surface area contributed by atoms with Gasteiger partial charge in [0.05, 0.1) is 27.2 Å². The largest absolute Gasteiger partial charge is 0.460 e. The molecule has 9 heteroatoms. The van der Waals surface area contributed by atoms with Crippen LogP contribution in [0.15, 0.2) is 62.6 Å². The summed E-state index contributed by atoms with van der Waals surface area (Å²) in [6.07, 6.45) is 1.87. The highest BCUT2D eigenvalue weighted by molar-refractivity contribution is 7.92. The van der Waals surface area contributed by atoms with Crippen molar-refractivity contribution in [2.24, 2.45) is 14.1 Å². The van der Waals surface area contributed by atoms with Gasteiger partial charge in [0.25, 0.3) is 10.0 Å². The molecule has 0 aliphatic heterocycles. The van der Waals surface area contributed by atoms with Gasteiger partial charge in [-0.25, -0.2) is 13.2 Å². The second-order valence-corrected chi connectivity index (χ2v) is 10.4. The molecule has 34 heavy (non-hydrogen) atoms. The number of hydrogen-bond donors (Lipinski definition) is 1. The number of aryl methyl sites for hydroxylation is 3. The number of ketones is 1. The fourth-order valence-electron chi connectivity index (χ4n) is 4.93. The van der Waals surface area contributed by atoms with E-state index in [0.717, 1.165) is 11.8 Å². The maximum atomic E-state index is 13.4. The number of furan rings is 1. The zero-order chi connectivity index (χ0) is 23.8. The molecule has 5 aromatic rings. The topological polar surface area (TPSA) is 103 Å². The third kappa shape index (κ3) is 2.86. The standard InChI is InChI=1S/C25H21N3O5S/c1-27-19-11-10-14(12-20(19)28(2)25(27)30)34(31,32)26-18-13-17-23-21(29)8-5-9-22(23)33-24(17)16-7-4-3-6-15(16)18/h3-4,6-7,10-13,26H,5,8-9H2,1-2H3. The molecule has 0 spiro atoms. The van der Waals surface area contributed by atoms with Gasteiger partial charge < -0.3 is 4.42 Å². The number of nitrogens with one attached hydrogen (secondary N) is 1. The number of benzene rings is 3. The van der Waals surface area contributed by atoms with E-state index in [1.54, 1.807) is 26.2 Å². The molecule has 0 atom stereocenters. The predicted molar refractivity (Wildman–Crippen MR) is 130 cm³/mol. The Balaban J connectivity index is 1.54. The molecule has 0 unspecified atom stereocenters. The van der Waals surface area contributed by atoms with Crippen LogP contribution in [-0.4, -0.2) is 23.3 Å². The van der Waals surface area contributed by atoms with Crippen molar-refractivity contribution in [2.45, 2.75) is 24.2 Å². The minimum absolute atomic E-state index is 0.0135. The SMILES string of the molecule is Cn1c(=O)n(C)c2cc(S(=O)(=O)Nc3cc4c5c(oc4c4ccccc34)CCCC5=O)ccc21. The molecular formula is C25H21N3O5S. The summed E-state index contributed by atoms with van der Waals surface area (Å²) in [6, 6.07) is 13.6. The number of aromatic nitrogens is 2. The molecule has 2 heterocycles. The number of sulfonamides is 1. The van der Waals surface area contributed by atoms with E-state index < -0.39 is 10.0 Å². The van der Waals surface area contributed by atoms with Crippen LogP contribution in [0.1, 0.15) is 29.0 Å². The normalized spacial score (nSPS) is 14.2. The summed E-state index contributed by atoms with van der Waals surface area (Å²) in [6.45, 7) is 0. The van der Waals surface area contributed by atoms with Gasteiger partial charge in [0.2, 0.25) is 0 Å². The Morgan fingerprint density at radius 2 is 1.62 bits per heavy atom. The van der Waals surface area contributed by atoms with E-state index in [0.29, 0.717) is 57.2 Å². The maximum Gasteiger partial charge on any atom is 0.328 e. The number of nitrogens with zero attached hydrogens (tertiary/aromatic N) is 2. The van der Waals surface area contributed by atoms with Crippen molar-refractivity contribution in [3.8, 4) is 0 Å². The Bertz CT molecular complexity index is 1840. The number of carbonyl (C=O) groups is 1. The van der Waals surface area contributed by atoms with Crippen molar-refractivity contribution in [2.75, 3.05) is 4.72 Å². The zero-order valence-electron chi connectivity index (χ0n) is 18.6. The van der Waals surface area contributed by atoms with Crippen molar-refractivity contribution in [1.29, 1.82) is 0 Å². The number of imidazole rings is 1. The van der Waals surface area contributed by atoms with Crippen LogP contribution in [0.5, 0.6) is 0 Å². The van der Waals surface area contributed by atoms with Crippen molar-refractivity contribution < 1.29 is 17.6 Å². The molecular weight excluding hydrogens is 454 g/mol. The molecule has 0 fully saturated rings. The van der Waals surface area contributed by atoms with Gasteiger partial charge in [-0.1, -0.05) is 24.3 Å². The molecule has 172 valence electrons. The molecule has 2 aromatic heterocycles. The highest BCUT2D eigenvalue weighted by Gasteiger charge is 2.27. The molecule has 0 bridgehead atoms. The van der Waals surface area contributed by atoms with Gasteiger partial charge in [-0.05, 0) is 30.7 Å². The first kappa shape index (κ1) is 20.7. The van der Waals surface area contributed by atoms with Crippen LogP contribution in [0.25, 0.3) is 32.8 Å². The maximum absolute atomic E-state index is 13.4. The lowest BCUT2D eigenvalue weighted by molar-refractivity contribution is 0.0971. The van der Waals surface area contributed by atoms with E-state index in [4.69, 9.17) is 4.42 Å². The number of anilines is 1. The number of hydrogen-bond acceptors (Lipinski definition) is 5. The summed E-state index contributed by atoms with van der Waals surface area (Å²) in [5.41, 5.74) is 2.44. The van der Waals surface area contributed by atoms with Crippen molar-refractivity contribution in [3.63, 3.8) is 0 Å². The van der Waals surface area contributed by atoms with Crippen LogP contribution >= 0.6 is 0 Å². The van der Waals surface area contributed by atoms with E-state index in [2.05, 4.69) is 4.72 Å². The number of fused-ring (bicyclic) bond motifs is 6. The Labute approximate surface area is 194 Å². The highest BCUT2D eigenvalue weighted by atomic mass is 32.2. The first-order valence-corrected chi connectivity index (χ1v) is 12.4. The summed E-state index contributed by atoms with van der Waals surface area (Å²) in [7, 11) is -0.743. The first-order chi connectivity index (χ1) is 16.3. The molecule has 8 nitrogen and oxygen atoms in total. The van der Waals surface area contributed by atoms with Gasteiger partial charge >= 0.3 is 5.69 Å². The molecule has 6 rings (SSSR count). The Hall–Kier alpha value is -3.85. The highest BCUT2D eigenvalue weighted by Crippen LogP contribution is 2.40. The lowest BCUT2D eigenvalue weighted by Gasteiger charge is -2.12. The lowest BCUT2D eigenvalue weighted by Crippen LogP contribution is -2.19. The van der Waals surface area contributed by atoms with Crippen LogP contribution < -0.4 is 10.4 Å². The fourth-order valence-corrected chi connectivity index (χ4v) is 6.02. The van der Waals surface area contributed by atoms with E-state index in [9.17, 15) is 18.0 Å². The minimum atomic E-state index is -3.99. The van der Waals surface area contributed by atoms with Gasteiger partial charge in [0.15, 0.2) is 5.78 Å². The molecule has 1 aliphatic rings. The van der Waals surface area contributed by atoms with Gasteiger partial charge in [-0.2, -0.15) is 0 Å². The van der Waals surface area contributed by atoms with Crippen LogP contribution in [0.2, 0.25) is 0 Å². The van der Waals surface area contributed by atoms with Crippen LogP contribution in [0.3, 0.4) is 0 Å². The molecule has 0 saturated carbocycles. The van der Waals surface area contributed by atoms with E-state index in [1.807, 2.05) is 24.3 Å². The van der Waals surface area contributed by atoms with Gasteiger partial charge in [0.1, 0.15) is 11.3 Å². The quantitative estimate of drug-likeness (QED) is 0.423. The van der Waals surface area contributed by atoms with Crippen molar-refractivity contribution in [1.82, 2.24) is 9.13 Å². The summed E-state index contributed by atoms with van der Waals surface area (Å²) in [5, 5.41) is 2.03. The average Bonchev–Trinajstić information content (AvgIpc) is 3.31. The van der Waals surface area contributed by atoms with Gasteiger partial charge in [0, 0.05) is 43.1 Å². The lowest BCUT2D eigenvalue weighted by atomic mass is 9.93. The third-order valence-electron chi connectivity index (χ3n) is 6.65. The molecule has 1 N–H and O–H groups in total. The molecule has 1 aliphatic carbocycles. The number of carbonyl (C=O) groups excluding carboxylic acids is 1. The molecule has 0 amide bonds. The number of rotatable bonds is 3. The fraction of sp³-hybridized carbons (Fsp3) is 0.200. The van der Waals surface area contributed by atoms with Gasteiger partial charge in [-0.3, -0.25) is 18.7 Å². The van der Waals surface area contributed by atoms with E-state index in [1.165, 1.54) is 21.3 Å². The summed E-state index contributed by atoms with van der Waals surface area (Å²) >= 11 is 0. The zero-order valence-corrected chi connectivity index (χ0v) is 19.4. The second-order valence-electron chi connectivity index (χ2n) is 8.68. The predicted octanol–water partition coefficient (Wildman–Crippen LogP) is 4.10. The first-order valence-electron chi connectivity index (χ1n) is 10.9. The van der Waals surface area contributed by atoms with Crippen molar-refractivity contribution >= 4 is 54.3 Å². The van der Waals surface area contributed by atoms with Crippen LogP contribution in [0.4, 0.5) is 5.69 Å². The summed E-state index contributed by atoms with van der Waals surface area (Å²) in [4.78, 5) is 25.0. The third-order valence-corrected chi connectivity index (χ3v) is 8.02.